The number of carbonyl (C=O) groups excluding carboxylic acids is 1. The summed E-state index contributed by atoms with van der Waals surface area (Å²) in [6.45, 7) is 4.41. The van der Waals surface area contributed by atoms with E-state index in [-0.39, 0.29) is 17.5 Å². The number of urea groups is 1. The Labute approximate surface area is 142 Å². The number of carbonyl (C=O) groups is 1. The molecule has 2 fully saturated rings. The zero-order chi connectivity index (χ0) is 16.9. The molecule has 2 aliphatic carbocycles. The van der Waals surface area contributed by atoms with Gasteiger partial charge in [-0.15, -0.1) is 0 Å². The van der Waals surface area contributed by atoms with E-state index in [4.69, 9.17) is 0 Å². The first kappa shape index (κ1) is 15.2. The zero-order valence-electron chi connectivity index (χ0n) is 14.4. The third-order valence-electron chi connectivity index (χ3n) is 5.34. The fourth-order valence-electron chi connectivity index (χ4n) is 3.75. The van der Waals surface area contributed by atoms with Crippen molar-refractivity contribution >= 4 is 11.7 Å². The van der Waals surface area contributed by atoms with Crippen LogP contribution in [-0.4, -0.2) is 21.9 Å². The van der Waals surface area contributed by atoms with Crippen LogP contribution in [0.4, 0.5) is 10.5 Å². The zero-order valence-corrected chi connectivity index (χ0v) is 14.4. The molecule has 0 radical (unpaired) electrons. The molecule has 2 N–H and O–H groups in total. The van der Waals surface area contributed by atoms with Gasteiger partial charge in [0, 0.05) is 31.1 Å². The van der Waals surface area contributed by atoms with Gasteiger partial charge in [0.1, 0.15) is 0 Å². The monoisotopic (exact) mass is 324 g/mol. The molecule has 5 heteroatoms. The maximum absolute atomic E-state index is 12.5. The predicted octanol–water partition coefficient (Wildman–Crippen LogP) is 3.61. The van der Waals surface area contributed by atoms with Crippen LogP contribution in [0.2, 0.25) is 0 Å². The molecule has 2 aromatic rings. The molecule has 126 valence electrons. The first-order valence-corrected chi connectivity index (χ1v) is 8.63. The van der Waals surface area contributed by atoms with Gasteiger partial charge in [-0.3, -0.25) is 4.68 Å². The Morgan fingerprint density at radius 1 is 1.25 bits per heavy atom. The Morgan fingerprint density at radius 2 is 1.96 bits per heavy atom. The number of aryl methyl sites for hydroxylation is 1. The highest BCUT2D eigenvalue weighted by atomic mass is 16.2. The van der Waals surface area contributed by atoms with Crippen LogP contribution in [0.15, 0.2) is 36.5 Å². The Morgan fingerprint density at radius 3 is 2.62 bits per heavy atom. The van der Waals surface area contributed by atoms with E-state index in [0.29, 0.717) is 11.8 Å². The molecule has 1 aromatic carbocycles. The summed E-state index contributed by atoms with van der Waals surface area (Å²) in [6.07, 6.45) is 4.22. The van der Waals surface area contributed by atoms with E-state index in [1.54, 1.807) is 4.68 Å². The molecule has 2 amide bonds. The van der Waals surface area contributed by atoms with Crippen molar-refractivity contribution in [3.05, 3.63) is 47.8 Å². The van der Waals surface area contributed by atoms with Gasteiger partial charge in [-0.05, 0) is 23.8 Å². The van der Waals surface area contributed by atoms with E-state index in [0.717, 1.165) is 11.4 Å². The third kappa shape index (κ3) is 2.68. The van der Waals surface area contributed by atoms with Gasteiger partial charge in [-0.2, -0.15) is 5.10 Å². The van der Waals surface area contributed by atoms with Crippen molar-refractivity contribution in [2.75, 3.05) is 5.32 Å². The van der Waals surface area contributed by atoms with Crippen LogP contribution < -0.4 is 10.6 Å². The second-order valence-corrected chi connectivity index (χ2v) is 7.66. The summed E-state index contributed by atoms with van der Waals surface area (Å²) in [5, 5.41) is 10.6. The van der Waals surface area contributed by atoms with Crippen LogP contribution in [0, 0.1) is 5.41 Å². The van der Waals surface area contributed by atoms with Gasteiger partial charge in [0.05, 0.1) is 11.4 Å². The molecule has 2 saturated carbocycles. The summed E-state index contributed by atoms with van der Waals surface area (Å²) in [7, 11) is 1.89. The predicted molar refractivity (Wildman–Crippen MR) is 94.1 cm³/mol. The first-order valence-electron chi connectivity index (χ1n) is 8.63. The molecule has 24 heavy (non-hydrogen) atoms. The number of aromatic nitrogens is 2. The van der Waals surface area contributed by atoms with Gasteiger partial charge in [-0.25, -0.2) is 4.79 Å². The van der Waals surface area contributed by atoms with Crippen molar-refractivity contribution in [1.29, 1.82) is 0 Å². The first-order chi connectivity index (χ1) is 11.5. The molecule has 0 spiro atoms. The van der Waals surface area contributed by atoms with Crippen molar-refractivity contribution in [3.63, 3.8) is 0 Å². The largest absolute Gasteiger partial charge is 0.334 e. The Hall–Kier alpha value is -2.30. The molecule has 2 aliphatic rings. The van der Waals surface area contributed by atoms with Gasteiger partial charge >= 0.3 is 6.03 Å². The second kappa shape index (κ2) is 5.36. The number of rotatable bonds is 4. The average molecular weight is 324 g/mol. The standard InChI is InChI=1S/C19H24N4O/c1-19(2)15(12-7-5-4-6-8-12)17(19)21-18(24)20-14-11-23(3)22-16(14)13-9-10-13/h4-8,11,13,15,17H,9-10H2,1-3H3,(H2,20,21,24)/t15-,17-/m1/s1. The fraction of sp³-hybridized carbons (Fsp3) is 0.474. The summed E-state index contributed by atoms with van der Waals surface area (Å²) in [5.74, 6) is 0.872. The summed E-state index contributed by atoms with van der Waals surface area (Å²) in [5.41, 5.74) is 3.22. The maximum Gasteiger partial charge on any atom is 0.319 e. The number of hydrogen-bond acceptors (Lipinski definition) is 2. The quantitative estimate of drug-likeness (QED) is 0.902. The number of nitrogens with one attached hydrogen (secondary N) is 2. The molecule has 4 rings (SSSR count). The van der Waals surface area contributed by atoms with Crippen LogP contribution >= 0.6 is 0 Å². The van der Waals surface area contributed by atoms with Crippen LogP contribution in [0.3, 0.4) is 0 Å². The van der Waals surface area contributed by atoms with E-state index >= 15 is 0 Å². The molecule has 0 aliphatic heterocycles. The van der Waals surface area contributed by atoms with Crippen LogP contribution in [0.1, 0.15) is 49.8 Å². The Kier molecular flexibility index (Phi) is 3.41. The number of nitrogens with zero attached hydrogens (tertiary/aromatic N) is 2. The number of amides is 2. The van der Waals surface area contributed by atoms with Crippen LogP contribution in [-0.2, 0) is 7.05 Å². The topological polar surface area (TPSA) is 59.0 Å². The summed E-state index contributed by atoms with van der Waals surface area (Å²) >= 11 is 0. The fourth-order valence-corrected chi connectivity index (χ4v) is 3.75. The Balaban J connectivity index is 1.43. The lowest BCUT2D eigenvalue weighted by Crippen LogP contribution is -2.33. The maximum atomic E-state index is 12.5. The highest BCUT2D eigenvalue weighted by Crippen LogP contribution is 2.58. The summed E-state index contributed by atoms with van der Waals surface area (Å²) < 4.78 is 1.77. The van der Waals surface area contributed by atoms with Gasteiger partial charge in [0.15, 0.2) is 0 Å². The molecule has 0 unspecified atom stereocenters. The van der Waals surface area contributed by atoms with Gasteiger partial charge in [-0.1, -0.05) is 44.2 Å². The number of hydrogen-bond donors (Lipinski definition) is 2. The van der Waals surface area contributed by atoms with Gasteiger partial charge in [0.2, 0.25) is 0 Å². The smallest absolute Gasteiger partial charge is 0.319 e. The van der Waals surface area contributed by atoms with Gasteiger partial charge < -0.3 is 10.6 Å². The highest BCUT2D eigenvalue weighted by molar-refractivity contribution is 5.90. The van der Waals surface area contributed by atoms with Crippen molar-refractivity contribution in [2.45, 2.75) is 44.6 Å². The summed E-state index contributed by atoms with van der Waals surface area (Å²) in [4.78, 5) is 12.5. The minimum Gasteiger partial charge on any atom is -0.334 e. The van der Waals surface area contributed by atoms with E-state index < -0.39 is 0 Å². The molecule has 0 bridgehead atoms. The normalized spacial score (nSPS) is 24.5. The van der Waals surface area contributed by atoms with E-state index in [9.17, 15) is 4.79 Å². The molecule has 1 heterocycles. The molecule has 0 saturated heterocycles. The molecule has 2 atom stereocenters. The minimum atomic E-state index is -0.138. The van der Waals surface area contributed by atoms with Crippen molar-refractivity contribution in [1.82, 2.24) is 15.1 Å². The lowest BCUT2D eigenvalue weighted by Gasteiger charge is -2.08. The Bertz CT molecular complexity index is 761. The van der Waals surface area contributed by atoms with E-state index in [1.807, 2.05) is 19.3 Å². The lowest BCUT2D eigenvalue weighted by molar-refractivity contribution is 0.250. The number of anilines is 1. The second-order valence-electron chi connectivity index (χ2n) is 7.66. The van der Waals surface area contributed by atoms with E-state index in [2.05, 4.69) is 53.8 Å². The molecule has 5 nitrogen and oxygen atoms in total. The third-order valence-corrected chi connectivity index (χ3v) is 5.34. The van der Waals surface area contributed by atoms with Crippen LogP contribution in [0.25, 0.3) is 0 Å². The van der Waals surface area contributed by atoms with Gasteiger partial charge in [0.25, 0.3) is 0 Å². The SMILES string of the molecule is Cn1cc(NC(=O)N[C@@H]2[C@@H](c3ccccc3)C2(C)C)c(C2CC2)n1. The van der Waals surface area contributed by atoms with Crippen LogP contribution in [0.5, 0.6) is 0 Å². The molecular weight excluding hydrogens is 300 g/mol. The molecular formula is C19H24N4O. The number of benzene rings is 1. The lowest BCUT2D eigenvalue weighted by atomic mass is 10.0. The molecule has 1 aromatic heterocycles. The van der Waals surface area contributed by atoms with Crippen molar-refractivity contribution in [2.24, 2.45) is 12.5 Å². The van der Waals surface area contributed by atoms with Crippen molar-refractivity contribution in [3.8, 4) is 0 Å². The van der Waals surface area contributed by atoms with E-state index in [1.165, 1.54) is 18.4 Å². The van der Waals surface area contributed by atoms with Crippen molar-refractivity contribution < 1.29 is 4.79 Å². The summed E-state index contributed by atoms with van der Waals surface area (Å²) in [6, 6.07) is 10.4. The highest BCUT2D eigenvalue weighted by Gasteiger charge is 2.59. The minimum absolute atomic E-state index is 0.0763. The average Bonchev–Trinajstić information content (AvgIpc) is 3.42.